The fourth-order valence-electron chi connectivity index (χ4n) is 4.09. The minimum atomic E-state index is -3.42. The number of sulfonamides is 1. The van der Waals surface area contributed by atoms with E-state index in [2.05, 4.69) is 5.32 Å². The average molecular weight is 471 g/mol. The van der Waals surface area contributed by atoms with Gasteiger partial charge in [-0.25, -0.2) is 18.0 Å². The zero-order valence-electron chi connectivity index (χ0n) is 18.2. The molecular weight excluding hydrogens is 448 g/mol. The van der Waals surface area contributed by atoms with E-state index in [0.717, 1.165) is 11.8 Å². The molecule has 0 unspecified atom stereocenters. The summed E-state index contributed by atoms with van der Waals surface area (Å²) in [7, 11) is -3.42. The van der Waals surface area contributed by atoms with Crippen LogP contribution in [0.15, 0.2) is 51.7 Å². The van der Waals surface area contributed by atoms with Gasteiger partial charge in [-0.3, -0.25) is 9.10 Å². The number of ether oxygens (including phenoxy) is 1. The van der Waals surface area contributed by atoms with Gasteiger partial charge in [0.2, 0.25) is 15.9 Å². The molecule has 33 heavy (non-hydrogen) atoms. The molecule has 0 aliphatic carbocycles. The van der Waals surface area contributed by atoms with Gasteiger partial charge in [0, 0.05) is 41.7 Å². The molecule has 1 atom stereocenters. The monoisotopic (exact) mass is 470 g/mol. The first-order chi connectivity index (χ1) is 15.5. The van der Waals surface area contributed by atoms with Gasteiger partial charge in [-0.1, -0.05) is 0 Å². The standard InChI is InChI=1S/C23H22N2O7S/c1-13-8-16-9-15(4-7-20(16)25(13)33(3,29)30)23(28)31-12-17-10-22(27)32-21-11-18(24-14(2)26)5-6-19(17)21/h4-7,9-11,13H,8,12H2,1-3H3,(H,24,26)/t13-/m0/s1. The van der Waals surface area contributed by atoms with Gasteiger partial charge in [0.1, 0.15) is 12.2 Å². The molecule has 0 fully saturated rings. The molecule has 0 saturated heterocycles. The lowest BCUT2D eigenvalue weighted by molar-refractivity contribution is -0.114. The summed E-state index contributed by atoms with van der Waals surface area (Å²) in [6, 6.07) is 10.6. The third kappa shape index (κ3) is 4.61. The first kappa shape index (κ1) is 22.5. The zero-order valence-corrected chi connectivity index (χ0v) is 19.1. The van der Waals surface area contributed by atoms with Gasteiger partial charge in [-0.05, 0) is 49.2 Å². The van der Waals surface area contributed by atoms with Crippen molar-refractivity contribution in [2.24, 2.45) is 0 Å². The van der Waals surface area contributed by atoms with E-state index in [-0.39, 0.29) is 29.7 Å². The zero-order chi connectivity index (χ0) is 23.9. The Hall–Kier alpha value is -3.66. The molecule has 172 valence electrons. The molecule has 1 amide bonds. The van der Waals surface area contributed by atoms with Crippen LogP contribution in [-0.2, 0) is 32.6 Å². The predicted molar refractivity (Wildman–Crippen MR) is 123 cm³/mol. The highest BCUT2D eigenvalue weighted by molar-refractivity contribution is 7.92. The molecule has 9 nitrogen and oxygen atoms in total. The molecule has 10 heteroatoms. The van der Waals surface area contributed by atoms with Crippen LogP contribution in [0, 0.1) is 0 Å². The number of amides is 1. The molecule has 1 aromatic heterocycles. The first-order valence-corrected chi connectivity index (χ1v) is 12.0. The summed E-state index contributed by atoms with van der Waals surface area (Å²) in [4.78, 5) is 35.9. The van der Waals surface area contributed by atoms with Gasteiger partial charge in [0.15, 0.2) is 0 Å². The SMILES string of the molecule is CC(=O)Nc1ccc2c(COC(=O)c3ccc4c(c3)C[C@H](C)N4S(C)(=O)=O)cc(=O)oc2c1. The quantitative estimate of drug-likeness (QED) is 0.449. The third-order valence-corrected chi connectivity index (χ3v) is 6.61. The summed E-state index contributed by atoms with van der Waals surface area (Å²) in [5.74, 6) is -0.857. The number of benzene rings is 2. The summed E-state index contributed by atoms with van der Waals surface area (Å²) in [6.45, 7) is 3.01. The number of nitrogens with one attached hydrogen (secondary N) is 1. The van der Waals surface area contributed by atoms with Crippen LogP contribution >= 0.6 is 0 Å². The fourth-order valence-corrected chi connectivity index (χ4v) is 5.36. The molecule has 0 spiro atoms. The van der Waals surface area contributed by atoms with E-state index in [1.165, 1.54) is 29.4 Å². The van der Waals surface area contributed by atoms with Crippen molar-refractivity contribution >= 4 is 44.2 Å². The molecule has 1 N–H and O–H groups in total. The second-order valence-corrected chi connectivity index (χ2v) is 9.87. The van der Waals surface area contributed by atoms with E-state index < -0.39 is 21.6 Å². The van der Waals surface area contributed by atoms with E-state index in [4.69, 9.17) is 9.15 Å². The van der Waals surface area contributed by atoms with Crippen molar-refractivity contribution in [1.82, 2.24) is 0 Å². The van der Waals surface area contributed by atoms with Crippen LogP contribution in [0.3, 0.4) is 0 Å². The van der Waals surface area contributed by atoms with Crippen LogP contribution in [0.4, 0.5) is 11.4 Å². The number of rotatable bonds is 5. The number of carbonyl (C=O) groups excluding carboxylic acids is 2. The van der Waals surface area contributed by atoms with Crippen LogP contribution < -0.4 is 15.2 Å². The van der Waals surface area contributed by atoms with Gasteiger partial charge in [-0.2, -0.15) is 0 Å². The Morgan fingerprint density at radius 2 is 1.94 bits per heavy atom. The maximum Gasteiger partial charge on any atom is 0.338 e. The highest BCUT2D eigenvalue weighted by Crippen LogP contribution is 2.35. The van der Waals surface area contributed by atoms with Crippen molar-refractivity contribution in [3.8, 4) is 0 Å². The predicted octanol–water partition coefficient (Wildman–Crippen LogP) is 2.82. The summed E-state index contributed by atoms with van der Waals surface area (Å²) in [5, 5.41) is 3.19. The van der Waals surface area contributed by atoms with Crippen molar-refractivity contribution in [2.45, 2.75) is 32.9 Å². The third-order valence-electron chi connectivity index (χ3n) is 5.33. The lowest BCUT2D eigenvalue weighted by atomic mass is 10.1. The number of anilines is 2. The topological polar surface area (TPSA) is 123 Å². The van der Waals surface area contributed by atoms with Crippen LogP contribution in [0.5, 0.6) is 0 Å². The molecular formula is C23H22N2O7S. The summed E-state index contributed by atoms with van der Waals surface area (Å²) in [6.07, 6.45) is 1.64. The van der Waals surface area contributed by atoms with Gasteiger partial charge in [0.25, 0.3) is 0 Å². The van der Waals surface area contributed by atoms with E-state index in [0.29, 0.717) is 28.7 Å². The van der Waals surface area contributed by atoms with E-state index >= 15 is 0 Å². The minimum absolute atomic E-state index is 0.163. The normalized spacial score (nSPS) is 15.4. The molecule has 1 aliphatic heterocycles. The second kappa shape index (κ2) is 8.36. The smallest absolute Gasteiger partial charge is 0.338 e. The Bertz CT molecular complexity index is 1440. The van der Waals surface area contributed by atoms with Crippen LogP contribution in [0.1, 0.15) is 35.3 Å². The maximum absolute atomic E-state index is 12.7. The van der Waals surface area contributed by atoms with Gasteiger partial charge >= 0.3 is 11.6 Å². The molecule has 0 radical (unpaired) electrons. The molecule has 2 aromatic carbocycles. The highest BCUT2D eigenvalue weighted by Gasteiger charge is 2.33. The van der Waals surface area contributed by atoms with E-state index in [1.54, 1.807) is 24.3 Å². The average Bonchev–Trinajstić information content (AvgIpc) is 3.06. The summed E-state index contributed by atoms with van der Waals surface area (Å²) < 4.78 is 36.1. The highest BCUT2D eigenvalue weighted by atomic mass is 32.2. The van der Waals surface area contributed by atoms with Crippen molar-refractivity contribution in [3.63, 3.8) is 0 Å². The summed E-state index contributed by atoms with van der Waals surface area (Å²) >= 11 is 0. The largest absolute Gasteiger partial charge is 0.457 e. The number of fused-ring (bicyclic) bond motifs is 2. The Balaban J connectivity index is 1.56. The van der Waals surface area contributed by atoms with Gasteiger partial charge in [-0.15, -0.1) is 0 Å². The van der Waals surface area contributed by atoms with Crippen LogP contribution in [-0.4, -0.2) is 32.6 Å². The first-order valence-electron chi connectivity index (χ1n) is 10.2. The molecule has 1 aliphatic rings. The molecule has 2 heterocycles. The Morgan fingerprint density at radius 3 is 2.64 bits per heavy atom. The van der Waals surface area contributed by atoms with Crippen molar-refractivity contribution in [2.75, 3.05) is 15.9 Å². The van der Waals surface area contributed by atoms with Crippen molar-refractivity contribution in [1.29, 1.82) is 0 Å². The van der Waals surface area contributed by atoms with Crippen molar-refractivity contribution in [3.05, 3.63) is 69.6 Å². The molecule has 3 aromatic rings. The van der Waals surface area contributed by atoms with Gasteiger partial charge < -0.3 is 14.5 Å². The molecule has 0 bridgehead atoms. The van der Waals surface area contributed by atoms with E-state index in [9.17, 15) is 22.8 Å². The van der Waals surface area contributed by atoms with Gasteiger partial charge in [0.05, 0.1) is 17.5 Å². The summed E-state index contributed by atoms with van der Waals surface area (Å²) in [5.41, 5.74) is 2.18. The molecule has 4 rings (SSSR count). The lowest BCUT2D eigenvalue weighted by Crippen LogP contribution is -2.34. The Morgan fingerprint density at radius 1 is 1.18 bits per heavy atom. The lowest BCUT2D eigenvalue weighted by Gasteiger charge is -2.21. The second-order valence-electron chi connectivity index (χ2n) is 8.01. The maximum atomic E-state index is 12.7. The molecule has 0 saturated carbocycles. The number of carbonyl (C=O) groups is 2. The van der Waals surface area contributed by atoms with Crippen LogP contribution in [0.2, 0.25) is 0 Å². The number of hydrogen-bond donors (Lipinski definition) is 1. The Kier molecular flexibility index (Phi) is 5.71. The van der Waals surface area contributed by atoms with Crippen LogP contribution in [0.25, 0.3) is 11.0 Å². The minimum Gasteiger partial charge on any atom is -0.457 e. The van der Waals surface area contributed by atoms with E-state index in [1.807, 2.05) is 6.92 Å². The number of hydrogen-bond acceptors (Lipinski definition) is 7. The fraction of sp³-hybridized carbons (Fsp3) is 0.261. The van der Waals surface area contributed by atoms with Crippen molar-refractivity contribution < 1.29 is 27.2 Å². The number of esters is 1. The number of nitrogens with zero attached hydrogens (tertiary/aromatic N) is 1. The Labute approximate surface area is 190 Å².